The van der Waals surface area contributed by atoms with Gasteiger partial charge in [0.2, 0.25) is 17.0 Å². The summed E-state index contributed by atoms with van der Waals surface area (Å²) < 4.78 is 171. The van der Waals surface area contributed by atoms with E-state index in [1.54, 1.807) is 37.3 Å². The second kappa shape index (κ2) is 19.9. The topological polar surface area (TPSA) is 120 Å². The molecule has 1 saturated carbocycles. The van der Waals surface area contributed by atoms with Crippen LogP contribution in [0, 0.1) is 5.92 Å². The van der Waals surface area contributed by atoms with E-state index < -0.39 is 97.0 Å². The fourth-order valence-corrected chi connectivity index (χ4v) is 7.02. The summed E-state index contributed by atoms with van der Waals surface area (Å²) in [4.78, 5) is 12.1. The molecule has 0 aromatic heterocycles. The van der Waals surface area contributed by atoms with Gasteiger partial charge in [0, 0.05) is 38.7 Å². The van der Waals surface area contributed by atoms with Crippen LogP contribution in [-0.2, 0) is 53.2 Å². The average molecular weight is 814 g/mol. The minimum Gasteiger partial charge on any atom is -0.356 e. The van der Waals surface area contributed by atoms with Gasteiger partial charge >= 0.3 is 23.4 Å². The van der Waals surface area contributed by atoms with Gasteiger partial charge in [-0.3, -0.25) is 8.98 Å². The Morgan fingerprint density at radius 1 is 0.926 bits per heavy atom. The van der Waals surface area contributed by atoms with Gasteiger partial charge in [0.05, 0.1) is 6.61 Å². The Bertz CT molecular complexity index is 1330. The predicted molar refractivity (Wildman–Crippen MR) is 174 cm³/mol. The molecule has 2 aliphatic heterocycles. The summed E-state index contributed by atoms with van der Waals surface area (Å²) in [6.07, 6.45) is -18.5. The number of nitrogens with one attached hydrogen (secondary N) is 1. The Balaban J connectivity index is 1.38. The quantitative estimate of drug-likeness (QED) is 0.0640. The molecular weight excluding hydrogens is 766 g/mol. The standard InChI is InChI=1S/C34H47F8NO10S/c1-3-47-21-49-27-26-24(20-48-29(51-26)23-15-9-6-10-16-23)50-30(46-2)28(27)52-54(45)34(41,42)33(39,40)53-32(37,38)31(35,36)18-12-11-17-25(44)43-19-22-13-7-4-5-8-14-22/h6,9-10,15-16,22,24,26-30H,3-5,7-8,11-14,17-21H2,1-2H3,(H,43,44)/t24-,26-,27+,28+,29?,30-,54?/m1/s1. The summed E-state index contributed by atoms with van der Waals surface area (Å²) in [7, 11) is 1.00. The number of amides is 1. The van der Waals surface area contributed by atoms with Gasteiger partial charge in [0.1, 0.15) is 25.1 Å². The van der Waals surface area contributed by atoms with Crippen molar-refractivity contribution in [2.75, 3.05) is 33.7 Å². The number of fused-ring (bicyclic) bond motifs is 1. The summed E-state index contributed by atoms with van der Waals surface area (Å²) in [5.74, 6) is -5.63. The smallest absolute Gasteiger partial charge is 0.356 e. The molecule has 20 heteroatoms. The molecule has 1 aliphatic carbocycles. The Labute approximate surface area is 310 Å². The van der Waals surface area contributed by atoms with Crippen molar-refractivity contribution < 1.29 is 81.5 Å². The van der Waals surface area contributed by atoms with Crippen molar-refractivity contribution in [1.29, 1.82) is 0 Å². The first-order valence-corrected chi connectivity index (χ1v) is 18.9. The number of carbonyl (C=O) groups excluding carboxylic acids is 1. The molecule has 7 atom stereocenters. The van der Waals surface area contributed by atoms with E-state index >= 15 is 8.78 Å². The number of hydrogen-bond donors (Lipinski definition) is 1. The highest BCUT2D eigenvalue weighted by Crippen LogP contribution is 2.48. The van der Waals surface area contributed by atoms with Crippen LogP contribution in [-0.4, -0.2) is 97.9 Å². The first kappa shape index (κ1) is 44.7. The van der Waals surface area contributed by atoms with Gasteiger partial charge in [-0.05, 0) is 38.5 Å². The number of carbonyl (C=O) groups is 1. The fraction of sp³-hybridized carbons (Fsp3) is 0.794. The van der Waals surface area contributed by atoms with Crippen LogP contribution in [0.15, 0.2) is 30.3 Å². The van der Waals surface area contributed by atoms with Crippen molar-refractivity contribution in [2.45, 2.75) is 132 Å². The van der Waals surface area contributed by atoms with E-state index in [1.807, 2.05) is 0 Å². The van der Waals surface area contributed by atoms with E-state index in [9.17, 15) is 35.3 Å². The lowest BCUT2D eigenvalue weighted by Gasteiger charge is -2.48. The van der Waals surface area contributed by atoms with Crippen LogP contribution in [0.3, 0.4) is 0 Å². The largest absolute Gasteiger partial charge is 0.439 e. The fourth-order valence-electron chi connectivity index (χ4n) is 6.26. The van der Waals surface area contributed by atoms with Gasteiger partial charge in [-0.1, -0.05) is 56.0 Å². The molecule has 2 saturated heterocycles. The number of hydrogen-bond acceptors (Lipinski definition) is 10. The Morgan fingerprint density at radius 2 is 1.61 bits per heavy atom. The van der Waals surface area contributed by atoms with Crippen molar-refractivity contribution in [1.82, 2.24) is 5.32 Å². The minimum atomic E-state index is -6.47. The van der Waals surface area contributed by atoms with Crippen molar-refractivity contribution in [2.24, 2.45) is 5.92 Å². The molecule has 3 fully saturated rings. The highest BCUT2D eigenvalue weighted by atomic mass is 32.2. The molecule has 1 aromatic carbocycles. The second-order valence-corrected chi connectivity index (χ2v) is 14.4. The molecule has 3 aliphatic rings. The van der Waals surface area contributed by atoms with Gasteiger partial charge < -0.3 is 33.7 Å². The van der Waals surface area contributed by atoms with Crippen LogP contribution < -0.4 is 5.32 Å². The van der Waals surface area contributed by atoms with E-state index in [-0.39, 0.29) is 32.0 Å². The molecule has 1 aromatic rings. The third kappa shape index (κ3) is 11.5. The van der Waals surface area contributed by atoms with E-state index in [1.165, 1.54) is 0 Å². The summed E-state index contributed by atoms with van der Waals surface area (Å²) >= 11 is -4.58. The summed E-state index contributed by atoms with van der Waals surface area (Å²) in [5.41, 5.74) is 0.515. The molecule has 11 nitrogen and oxygen atoms in total. The SMILES string of the molecule is CCOCO[C@@H]1[C@H](OS(=O)C(F)(F)C(F)(F)OC(F)(F)C(F)(F)CCCCC(=O)NCC2CCCCCC2)[C@H](OC)O[C@@H]2COC(c3ccccc3)O[C@@H]12. The number of alkyl halides is 8. The highest BCUT2D eigenvalue weighted by molar-refractivity contribution is 7.81. The zero-order chi connectivity index (χ0) is 39.6. The Hall–Kier alpha value is -2.04. The molecular formula is C34H47F8NO10S. The molecule has 4 rings (SSSR count). The third-order valence-corrected chi connectivity index (χ3v) is 10.3. The zero-order valence-electron chi connectivity index (χ0n) is 29.8. The van der Waals surface area contributed by atoms with Gasteiger partial charge in [-0.2, -0.15) is 35.1 Å². The monoisotopic (exact) mass is 813 g/mol. The van der Waals surface area contributed by atoms with Crippen LogP contribution in [0.1, 0.15) is 83.0 Å². The minimum absolute atomic E-state index is 0.106. The van der Waals surface area contributed by atoms with Crippen molar-refractivity contribution in [3.63, 3.8) is 0 Å². The maximum absolute atomic E-state index is 15.1. The maximum atomic E-state index is 15.1. The Morgan fingerprint density at radius 3 is 2.26 bits per heavy atom. The average Bonchev–Trinajstić information content (AvgIpc) is 3.41. The van der Waals surface area contributed by atoms with Crippen molar-refractivity contribution in [3.05, 3.63) is 35.9 Å². The first-order valence-electron chi connectivity index (χ1n) is 17.8. The number of rotatable bonds is 20. The lowest BCUT2D eigenvalue weighted by Crippen LogP contribution is -2.64. The molecule has 0 spiro atoms. The van der Waals surface area contributed by atoms with Crippen LogP contribution in [0.25, 0.3) is 0 Å². The van der Waals surface area contributed by atoms with Crippen molar-refractivity contribution >= 4 is 17.0 Å². The van der Waals surface area contributed by atoms with Crippen LogP contribution >= 0.6 is 0 Å². The molecule has 1 N–H and O–H groups in total. The number of benzene rings is 1. The normalized spacial score (nSPS) is 26.9. The highest BCUT2D eigenvalue weighted by Gasteiger charge is 2.72. The molecule has 0 bridgehead atoms. The van der Waals surface area contributed by atoms with Gasteiger partial charge in [-0.25, -0.2) is 8.95 Å². The van der Waals surface area contributed by atoms with Gasteiger partial charge in [-0.15, -0.1) is 0 Å². The van der Waals surface area contributed by atoms with Gasteiger partial charge in [0.15, 0.2) is 18.7 Å². The third-order valence-electron chi connectivity index (χ3n) is 9.27. The van der Waals surface area contributed by atoms with Crippen LogP contribution in [0.2, 0.25) is 0 Å². The first-order chi connectivity index (χ1) is 25.5. The van der Waals surface area contributed by atoms with E-state index in [4.69, 9.17) is 32.6 Å². The predicted octanol–water partition coefficient (Wildman–Crippen LogP) is 6.98. The summed E-state index contributed by atoms with van der Waals surface area (Å²) in [5, 5.41) is -3.47. The van der Waals surface area contributed by atoms with E-state index in [2.05, 4.69) is 10.1 Å². The Kier molecular flexibility index (Phi) is 16.5. The van der Waals surface area contributed by atoms with E-state index in [0.717, 1.165) is 45.6 Å². The molecule has 310 valence electrons. The summed E-state index contributed by atoms with van der Waals surface area (Å²) in [6, 6.07) is 8.36. The molecule has 2 unspecified atom stereocenters. The second-order valence-electron chi connectivity index (χ2n) is 13.2. The molecule has 54 heavy (non-hydrogen) atoms. The van der Waals surface area contributed by atoms with Crippen LogP contribution in [0.5, 0.6) is 0 Å². The maximum Gasteiger partial charge on any atom is 0.439 e. The molecule has 0 radical (unpaired) electrons. The number of unbranched alkanes of at least 4 members (excludes halogenated alkanes) is 1. The zero-order valence-corrected chi connectivity index (χ0v) is 30.7. The summed E-state index contributed by atoms with van der Waals surface area (Å²) in [6.45, 7) is 1.38. The van der Waals surface area contributed by atoms with Crippen LogP contribution in [0.4, 0.5) is 35.1 Å². The van der Waals surface area contributed by atoms with Gasteiger partial charge in [0.25, 0.3) is 0 Å². The molecule has 2 heterocycles. The lowest BCUT2D eigenvalue weighted by atomic mass is 9.97. The lowest BCUT2D eigenvalue weighted by molar-refractivity contribution is -0.456. The van der Waals surface area contributed by atoms with Crippen molar-refractivity contribution in [3.8, 4) is 0 Å². The molecule has 1 amide bonds. The number of ether oxygens (including phenoxy) is 7. The number of halogens is 8. The number of methoxy groups -OCH3 is 1. The van der Waals surface area contributed by atoms with E-state index in [0.29, 0.717) is 12.1 Å².